The monoisotopic (exact) mass is 396 g/mol. The molecule has 1 aliphatic heterocycles. The Morgan fingerprint density at radius 2 is 1.76 bits per heavy atom. The lowest BCUT2D eigenvalue weighted by molar-refractivity contribution is -0.207. The topological polar surface area (TPSA) is 71.7 Å². The van der Waals surface area contributed by atoms with Crippen molar-refractivity contribution in [3.63, 3.8) is 0 Å². The lowest BCUT2D eigenvalue weighted by atomic mass is 9.98. The van der Waals surface area contributed by atoms with E-state index in [9.17, 15) is 4.79 Å². The van der Waals surface area contributed by atoms with Crippen LogP contribution in [0.3, 0.4) is 0 Å². The number of aromatic nitrogens is 1. The first-order valence-electron chi connectivity index (χ1n) is 10.2. The number of pyridine rings is 1. The minimum absolute atomic E-state index is 0.184. The predicted octanol–water partition coefficient (Wildman–Crippen LogP) is 3.14. The van der Waals surface area contributed by atoms with Gasteiger partial charge in [-0.3, -0.25) is 9.88 Å². The Hall–Kier alpha value is -2.28. The minimum Gasteiger partial charge on any atom is -0.367 e. The largest absolute Gasteiger partial charge is 0.367 e. The van der Waals surface area contributed by atoms with Crippen LogP contribution in [0.1, 0.15) is 37.7 Å². The normalized spacial score (nSPS) is 16.0. The maximum absolute atomic E-state index is 12.0. The average molecular weight is 397 g/mol. The second-order valence-corrected chi connectivity index (χ2v) is 8.63. The maximum Gasteiger partial charge on any atom is 0.330 e. The van der Waals surface area contributed by atoms with E-state index in [0.717, 1.165) is 47.7 Å². The molecule has 0 saturated carbocycles. The van der Waals surface area contributed by atoms with Crippen LogP contribution in [0.5, 0.6) is 0 Å². The number of hydrogen-bond acceptors (Lipinski definition) is 6. The molecular weight excluding hydrogens is 364 g/mol. The third-order valence-corrected chi connectivity index (χ3v) is 5.21. The number of nitrogens with two attached hydrogens (primary N) is 1. The number of hydrogen-bond donors (Lipinski definition) is 1. The van der Waals surface area contributed by atoms with E-state index in [0.29, 0.717) is 19.6 Å². The highest BCUT2D eigenvalue weighted by atomic mass is 16.7. The molecule has 0 amide bonds. The van der Waals surface area contributed by atoms with Gasteiger partial charge in [-0.1, -0.05) is 30.3 Å². The van der Waals surface area contributed by atoms with Crippen LogP contribution in [0, 0.1) is 12.3 Å². The molecule has 1 aromatic heterocycles. The van der Waals surface area contributed by atoms with Gasteiger partial charge in [0.15, 0.2) is 0 Å². The fourth-order valence-corrected chi connectivity index (χ4v) is 3.41. The van der Waals surface area contributed by atoms with Crippen molar-refractivity contribution in [3.8, 4) is 11.1 Å². The highest BCUT2D eigenvalue weighted by molar-refractivity contribution is 5.75. The SMILES string of the molecule is Cc1nc(CN2CCN(OC(=O)C(C)(C)C)CC2)ccc1-c1ccccc1CN. The third-order valence-electron chi connectivity index (χ3n) is 5.21. The van der Waals surface area contributed by atoms with Crippen molar-refractivity contribution in [1.82, 2.24) is 14.9 Å². The van der Waals surface area contributed by atoms with Gasteiger partial charge in [0.2, 0.25) is 0 Å². The molecule has 0 radical (unpaired) electrons. The zero-order valence-corrected chi connectivity index (χ0v) is 17.9. The van der Waals surface area contributed by atoms with Gasteiger partial charge in [-0.15, -0.1) is 5.06 Å². The van der Waals surface area contributed by atoms with Crippen LogP contribution in [-0.4, -0.2) is 47.1 Å². The molecule has 0 unspecified atom stereocenters. The Labute approximate surface area is 173 Å². The van der Waals surface area contributed by atoms with Crippen LogP contribution in [0.4, 0.5) is 0 Å². The number of piperazine rings is 1. The summed E-state index contributed by atoms with van der Waals surface area (Å²) in [7, 11) is 0. The lowest BCUT2D eigenvalue weighted by Crippen LogP contribution is -2.47. The van der Waals surface area contributed by atoms with Gasteiger partial charge in [-0.25, -0.2) is 4.79 Å². The number of nitrogens with zero attached hydrogens (tertiary/aromatic N) is 3. The molecule has 2 aromatic rings. The van der Waals surface area contributed by atoms with E-state index >= 15 is 0 Å². The summed E-state index contributed by atoms with van der Waals surface area (Å²) in [5, 5.41) is 1.77. The van der Waals surface area contributed by atoms with Gasteiger partial charge in [-0.05, 0) is 44.9 Å². The van der Waals surface area contributed by atoms with Crippen molar-refractivity contribution in [1.29, 1.82) is 0 Å². The number of carbonyl (C=O) groups is 1. The van der Waals surface area contributed by atoms with E-state index in [-0.39, 0.29) is 5.97 Å². The molecule has 1 saturated heterocycles. The zero-order valence-electron chi connectivity index (χ0n) is 17.9. The van der Waals surface area contributed by atoms with Crippen LogP contribution >= 0.6 is 0 Å². The van der Waals surface area contributed by atoms with Crippen molar-refractivity contribution in [2.24, 2.45) is 11.1 Å². The van der Waals surface area contributed by atoms with Crippen molar-refractivity contribution < 1.29 is 9.63 Å². The highest BCUT2D eigenvalue weighted by Gasteiger charge is 2.28. The second kappa shape index (κ2) is 9.03. The van der Waals surface area contributed by atoms with Crippen LogP contribution in [0.2, 0.25) is 0 Å². The fraction of sp³-hybridized carbons (Fsp3) is 0.478. The van der Waals surface area contributed by atoms with Crippen molar-refractivity contribution >= 4 is 5.97 Å². The zero-order chi connectivity index (χ0) is 21.0. The Bertz CT molecular complexity index is 852. The van der Waals surface area contributed by atoms with E-state index in [4.69, 9.17) is 15.6 Å². The molecule has 156 valence electrons. The van der Waals surface area contributed by atoms with Crippen LogP contribution in [0.15, 0.2) is 36.4 Å². The molecule has 0 spiro atoms. The summed E-state index contributed by atoms with van der Waals surface area (Å²) in [4.78, 5) is 24.7. The van der Waals surface area contributed by atoms with Gasteiger partial charge in [0.05, 0.1) is 11.1 Å². The smallest absolute Gasteiger partial charge is 0.330 e. The van der Waals surface area contributed by atoms with E-state index < -0.39 is 5.41 Å². The molecule has 3 rings (SSSR count). The number of hydroxylamine groups is 2. The Morgan fingerprint density at radius 3 is 2.38 bits per heavy atom. The standard InChI is InChI=1S/C23H32N4O2/c1-17-20(21-8-6-5-7-18(21)15-24)10-9-19(25-17)16-26-11-13-27(14-12-26)29-22(28)23(2,3)4/h5-10H,11-16,24H2,1-4H3. The van der Waals surface area contributed by atoms with Crippen molar-refractivity contribution in [3.05, 3.63) is 53.3 Å². The van der Waals surface area contributed by atoms with Gasteiger partial charge in [-0.2, -0.15) is 0 Å². The maximum atomic E-state index is 12.0. The first-order valence-corrected chi connectivity index (χ1v) is 10.2. The summed E-state index contributed by atoms with van der Waals surface area (Å²) in [5.74, 6) is -0.184. The van der Waals surface area contributed by atoms with Crippen LogP contribution < -0.4 is 5.73 Å². The number of aryl methyl sites for hydroxylation is 1. The summed E-state index contributed by atoms with van der Waals surface area (Å²) in [6.45, 7) is 12.1. The summed E-state index contributed by atoms with van der Waals surface area (Å²) >= 11 is 0. The van der Waals surface area contributed by atoms with Gasteiger partial charge in [0, 0.05) is 50.5 Å². The van der Waals surface area contributed by atoms with Crippen molar-refractivity contribution in [2.75, 3.05) is 26.2 Å². The highest BCUT2D eigenvalue weighted by Crippen LogP contribution is 2.26. The first kappa shape index (κ1) is 21.4. The van der Waals surface area contributed by atoms with Crippen LogP contribution in [0.25, 0.3) is 11.1 Å². The van der Waals surface area contributed by atoms with Gasteiger partial charge < -0.3 is 10.6 Å². The molecule has 0 aliphatic carbocycles. The Morgan fingerprint density at radius 1 is 1.07 bits per heavy atom. The predicted molar refractivity (Wildman–Crippen MR) is 115 cm³/mol. The molecule has 1 fully saturated rings. The Balaban J connectivity index is 1.60. The second-order valence-electron chi connectivity index (χ2n) is 8.63. The summed E-state index contributed by atoms with van der Waals surface area (Å²) in [6, 6.07) is 12.5. The minimum atomic E-state index is -0.483. The molecule has 0 atom stereocenters. The van der Waals surface area contributed by atoms with E-state index in [1.165, 1.54) is 0 Å². The van der Waals surface area contributed by atoms with E-state index in [2.05, 4.69) is 36.1 Å². The quantitative estimate of drug-likeness (QED) is 0.837. The fourth-order valence-electron chi connectivity index (χ4n) is 3.41. The molecule has 1 aliphatic rings. The van der Waals surface area contributed by atoms with E-state index in [1.807, 2.05) is 32.9 Å². The van der Waals surface area contributed by atoms with Gasteiger partial charge in [0.25, 0.3) is 0 Å². The summed E-state index contributed by atoms with van der Waals surface area (Å²) < 4.78 is 0. The molecule has 2 heterocycles. The van der Waals surface area contributed by atoms with Crippen molar-refractivity contribution in [2.45, 2.75) is 40.8 Å². The molecule has 29 heavy (non-hydrogen) atoms. The molecule has 1 aromatic carbocycles. The number of carbonyl (C=O) groups excluding carboxylic acids is 1. The van der Waals surface area contributed by atoms with E-state index in [1.54, 1.807) is 5.06 Å². The Kier molecular flexibility index (Phi) is 6.67. The summed E-state index contributed by atoms with van der Waals surface area (Å²) in [6.07, 6.45) is 0. The van der Waals surface area contributed by atoms with Gasteiger partial charge in [0.1, 0.15) is 0 Å². The first-order chi connectivity index (χ1) is 13.8. The van der Waals surface area contributed by atoms with Crippen LogP contribution in [-0.2, 0) is 22.7 Å². The molecular formula is C23H32N4O2. The molecule has 6 heteroatoms. The average Bonchev–Trinajstić information content (AvgIpc) is 2.69. The molecule has 0 bridgehead atoms. The molecule has 2 N–H and O–H groups in total. The summed E-state index contributed by atoms with van der Waals surface area (Å²) in [5.41, 5.74) is 10.9. The number of benzene rings is 1. The molecule has 6 nitrogen and oxygen atoms in total. The third kappa shape index (κ3) is 5.41. The number of rotatable bonds is 5. The van der Waals surface area contributed by atoms with Gasteiger partial charge >= 0.3 is 5.97 Å². The lowest BCUT2D eigenvalue weighted by Gasteiger charge is -2.34.